The van der Waals surface area contributed by atoms with Crippen molar-refractivity contribution in [3.63, 3.8) is 0 Å². The normalized spacial score (nSPS) is 17.0. The highest BCUT2D eigenvalue weighted by Crippen LogP contribution is 2.42. The zero-order chi connectivity index (χ0) is 29.5. The van der Waals surface area contributed by atoms with Gasteiger partial charge in [-0.1, -0.05) is 26.0 Å². The van der Waals surface area contributed by atoms with Crippen LogP contribution >= 0.6 is 0 Å². The molecular formula is C32H39N3O5S. The van der Waals surface area contributed by atoms with E-state index >= 15 is 0 Å². The summed E-state index contributed by atoms with van der Waals surface area (Å²) in [6.45, 7) is 13.1. The van der Waals surface area contributed by atoms with E-state index in [1.807, 2.05) is 32.9 Å². The summed E-state index contributed by atoms with van der Waals surface area (Å²) in [6, 6.07) is 12.6. The van der Waals surface area contributed by atoms with Crippen molar-refractivity contribution < 1.29 is 23.1 Å². The topological polar surface area (TPSA) is 100 Å². The summed E-state index contributed by atoms with van der Waals surface area (Å²) in [6.07, 6.45) is 1.93. The lowest BCUT2D eigenvalue weighted by atomic mass is 9.82. The van der Waals surface area contributed by atoms with Gasteiger partial charge in [0.15, 0.2) is 0 Å². The highest BCUT2D eigenvalue weighted by atomic mass is 32.2. The molecule has 218 valence electrons. The van der Waals surface area contributed by atoms with Crippen molar-refractivity contribution >= 4 is 21.7 Å². The van der Waals surface area contributed by atoms with Gasteiger partial charge in [-0.05, 0) is 86.1 Å². The maximum absolute atomic E-state index is 13.5. The number of aryl methyl sites for hydroxylation is 2. The fourth-order valence-corrected chi connectivity index (χ4v) is 7.37. The Morgan fingerprint density at radius 3 is 2.29 bits per heavy atom. The number of hydrogen-bond donors (Lipinski definition) is 1. The monoisotopic (exact) mass is 577 g/mol. The van der Waals surface area contributed by atoms with Crippen LogP contribution in [0.25, 0.3) is 11.1 Å². The molecule has 2 aromatic carbocycles. The van der Waals surface area contributed by atoms with Crippen molar-refractivity contribution in [3.05, 3.63) is 70.5 Å². The number of anilines is 1. The number of carboxylic acids is 1. The van der Waals surface area contributed by atoms with Crippen LogP contribution in [0.2, 0.25) is 0 Å². The van der Waals surface area contributed by atoms with Gasteiger partial charge in [-0.2, -0.15) is 4.31 Å². The number of pyridine rings is 1. The van der Waals surface area contributed by atoms with Crippen LogP contribution in [0, 0.1) is 19.3 Å². The summed E-state index contributed by atoms with van der Waals surface area (Å²) < 4.78 is 34.0. The van der Waals surface area contributed by atoms with Crippen molar-refractivity contribution in [1.82, 2.24) is 9.29 Å². The van der Waals surface area contributed by atoms with E-state index in [2.05, 4.69) is 24.8 Å². The Labute approximate surface area is 243 Å². The van der Waals surface area contributed by atoms with E-state index in [0.29, 0.717) is 18.9 Å². The molecule has 2 aliphatic rings. The number of hydrogen-bond acceptors (Lipinski definition) is 6. The van der Waals surface area contributed by atoms with Gasteiger partial charge in [0.1, 0.15) is 5.75 Å². The average Bonchev–Trinajstić information content (AvgIpc) is 3.35. The Kier molecular flexibility index (Phi) is 7.87. The smallest absolute Gasteiger partial charge is 0.307 e. The summed E-state index contributed by atoms with van der Waals surface area (Å²) in [7, 11) is -3.69. The van der Waals surface area contributed by atoms with Crippen molar-refractivity contribution in [1.29, 1.82) is 0 Å². The predicted octanol–water partition coefficient (Wildman–Crippen LogP) is 5.72. The molecule has 0 spiro atoms. The minimum absolute atomic E-state index is 0.0968. The minimum atomic E-state index is -3.69. The minimum Gasteiger partial charge on any atom is -0.494 e. The molecule has 1 saturated heterocycles. The quantitative estimate of drug-likeness (QED) is 0.365. The number of sulfonamides is 1. The molecule has 5 rings (SSSR count). The SMILES string of the molecule is CCOc1ccc(S(=O)(=O)N2Cc3ccc(-c4c(C)nc(C)c(CC(=O)O)c4N4CCC(C)(C)CC4)cc3C2)cc1. The van der Waals surface area contributed by atoms with Gasteiger partial charge in [0, 0.05) is 48.7 Å². The highest BCUT2D eigenvalue weighted by Gasteiger charge is 2.33. The van der Waals surface area contributed by atoms with Crippen LogP contribution in [-0.2, 0) is 34.3 Å². The van der Waals surface area contributed by atoms with E-state index in [-0.39, 0.29) is 23.3 Å². The van der Waals surface area contributed by atoms with E-state index in [1.165, 1.54) is 4.31 Å². The molecule has 41 heavy (non-hydrogen) atoms. The number of fused-ring (bicyclic) bond motifs is 1. The lowest BCUT2D eigenvalue weighted by molar-refractivity contribution is -0.136. The zero-order valence-electron chi connectivity index (χ0n) is 24.5. The van der Waals surface area contributed by atoms with Crippen molar-refractivity contribution in [2.24, 2.45) is 5.41 Å². The van der Waals surface area contributed by atoms with E-state index in [4.69, 9.17) is 9.72 Å². The molecule has 0 aliphatic carbocycles. The molecule has 3 heterocycles. The number of aromatic nitrogens is 1. The third-order valence-electron chi connectivity index (χ3n) is 8.38. The van der Waals surface area contributed by atoms with Gasteiger partial charge in [-0.15, -0.1) is 0 Å². The molecular weight excluding hydrogens is 538 g/mol. The Morgan fingerprint density at radius 1 is 1.00 bits per heavy atom. The first kappa shape index (κ1) is 29.1. The molecule has 2 aliphatic heterocycles. The molecule has 0 amide bonds. The third kappa shape index (κ3) is 5.83. The number of benzene rings is 2. The summed E-state index contributed by atoms with van der Waals surface area (Å²) in [5.41, 5.74) is 7.29. The second kappa shape index (κ2) is 11.1. The maximum atomic E-state index is 13.5. The average molecular weight is 578 g/mol. The molecule has 0 saturated carbocycles. The summed E-state index contributed by atoms with van der Waals surface area (Å²) >= 11 is 0. The van der Waals surface area contributed by atoms with Gasteiger partial charge in [0.25, 0.3) is 0 Å². The lowest BCUT2D eigenvalue weighted by Crippen LogP contribution is -2.38. The van der Waals surface area contributed by atoms with Gasteiger partial charge in [0.05, 0.1) is 23.6 Å². The lowest BCUT2D eigenvalue weighted by Gasteiger charge is -2.40. The number of ether oxygens (including phenoxy) is 1. The molecule has 0 atom stereocenters. The standard InChI is InChI=1S/C32H39N3O5S/c1-6-40-26-9-11-27(12-10-26)41(38,39)35-19-24-8-7-23(17-25(24)20-35)30-22(3)33-21(2)28(18-29(36)37)31(30)34-15-13-32(4,5)14-16-34/h7-12,17H,6,13-16,18-20H2,1-5H3,(H,36,37). The van der Waals surface area contributed by atoms with Crippen LogP contribution in [0.4, 0.5) is 5.69 Å². The van der Waals surface area contributed by atoms with Crippen molar-refractivity contribution in [2.75, 3.05) is 24.6 Å². The summed E-state index contributed by atoms with van der Waals surface area (Å²) in [5.74, 6) is -0.245. The summed E-state index contributed by atoms with van der Waals surface area (Å²) in [5, 5.41) is 9.78. The largest absolute Gasteiger partial charge is 0.494 e. The second-order valence-corrected chi connectivity index (χ2v) is 13.8. The Hall–Kier alpha value is -3.43. The van der Waals surface area contributed by atoms with Crippen LogP contribution in [0.15, 0.2) is 47.4 Å². The number of carboxylic acid groups (broad SMARTS) is 1. The molecule has 0 unspecified atom stereocenters. The van der Waals surface area contributed by atoms with Crippen LogP contribution in [0.1, 0.15) is 61.7 Å². The summed E-state index contributed by atoms with van der Waals surface area (Å²) in [4.78, 5) is 19.3. The number of carbonyl (C=O) groups is 1. The Bertz CT molecular complexity index is 1570. The Balaban J connectivity index is 1.52. The first-order valence-electron chi connectivity index (χ1n) is 14.2. The van der Waals surface area contributed by atoms with Crippen molar-refractivity contribution in [3.8, 4) is 16.9 Å². The van der Waals surface area contributed by atoms with Gasteiger partial charge in [-0.3, -0.25) is 9.78 Å². The predicted molar refractivity (Wildman–Crippen MR) is 160 cm³/mol. The van der Waals surface area contributed by atoms with Crippen LogP contribution in [-0.4, -0.2) is 48.5 Å². The van der Waals surface area contributed by atoms with Gasteiger partial charge in [0.2, 0.25) is 10.0 Å². The molecule has 1 aromatic heterocycles. The number of aliphatic carboxylic acids is 1. The molecule has 0 radical (unpaired) electrons. The maximum Gasteiger partial charge on any atom is 0.307 e. The number of piperidine rings is 1. The van der Waals surface area contributed by atoms with Gasteiger partial charge in [-0.25, -0.2) is 8.42 Å². The first-order valence-corrected chi connectivity index (χ1v) is 15.7. The fraction of sp³-hybridized carbons (Fsp3) is 0.438. The zero-order valence-corrected chi connectivity index (χ0v) is 25.3. The van der Waals surface area contributed by atoms with E-state index in [1.54, 1.807) is 24.3 Å². The molecule has 9 heteroatoms. The fourth-order valence-electron chi connectivity index (χ4n) is 5.97. The van der Waals surface area contributed by atoms with Crippen LogP contribution < -0.4 is 9.64 Å². The van der Waals surface area contributed by atoms with Gasteiger partial charge >= 0.3 is 5.97 Å². The Morgan fingerprint density at radius 2 is 1.66 bits per heavy atom. The molecule has 0 bridgehead atoms. The van der Waals surface area contributed by atoms with Crippen molar-refractivity contribution in [2.45, 2.75) is 71.9 Å². The van der Waals surface area contributed by atoms with E-state index in [9.17, 15) is 18.3 Å². The molecule has 3 aromatic rings. The third-order valence-corrected chi connectivity index (χ3v) is 10.2. The van der Waals surface area contributed by atoms with Crippen LogP contribution in [0.5, 0.6) is 5.75 Å². The molecule has 1 fully saturated rings. The molecule has 8 nitrogen and oxygen atoms in total. The number of nitrogens with zero attached hydrogens (tertiary/aromatic N) is 3. The molecule has 1 N–H and O–H groups in total. The van der Waals surface area contributed by atoms with E-state index in [0.717, 1.165) is 70.8 Å². The van der Waals surface area contributed by atoms with E-state index < -0.39 is 16.0 Å². The second-order valence-electron chi connectivity index (χ2n) is 11.9. The van der Waals surface area contributed by atoms with Crippen LogP contribution in [0.3, 0.4) is 0 Å². The number of rotatable bonds is 8. The highest BCUT2D eigenvalue weighted by molar-refractivity contribution is 7.89. The first-order chi connectivity index (χ1) is 19.4. The van der Waals surface area contributed by atoms with Gasteiger partial charge < -0.3 is 14.7 Å².